The number of pyridine rings is 1. The van der Waals surface area contributed by atoms with E-state index in [0.29, 0.717) is 36.1 Å². The Kier molecular flexibility index (Phi) is 5.61. The number of halogens is 1. The molecule has 2 heterocycles. The standard InChI is InChI=1S/C27H36FN3O2/c1-26-12-10-20-18(7-9-23-27(20,2)13-11-25(33)31(23)3)19(26)8-6-17(26)15-24(32)30-16-22-21(28)5-4-14-29-22/h4-5,11,13-14,17-20,23H,6-10,12,15-16H2,1-3H3,(H,30,32)/t17-,18+,19+,20+,23-,26-,27-/m1/s1. The Morgan fingerprint density at radius 1 is 1.21 bits per heavy atom. The van der Waals surface area contributed by atoms with Gasteiger partial charge in [0.15, 0.2) is 0 Å². The molecule has 1 aromatic heterocycles. The third-order valence-electron chi connectivity index (χ3n) is 10.0. The van der Waals surface area contributed by atoms with Crippen molar-refractivity contribution in [3.63, 3.8) is 0 Å². The van der Waals surface area contributed by atoms with E-state index in [4.69, 9.17) is 0 Å². The van der Waals surface area contributed by atoms with Gasteiger partial charge < -0.3 is 10.2 Å². The zero-order valence-corrected chi connectivity index (χ0v) is 20.0. The highest BCUT2D eigenvalue weighted by atomic mass is 19.1. The minimum absolute atomic E-state index is 0.0000672. The van der Waals surface area contributed by atoms with Crippen LogP contribution in [-0.2, 0) is 16.1 Å². The van der Waals surface area contributed by atoms with Crippen molar-refractivity contribution in [2.75, 3.05) is 7.05 Å². The summed E-state index contributed by atoms with van der Waals surface area (Å²) in [6.45, 7) is 4.92. The summed E-state index contributed by atoms with van der Waals surface area (Å²) < 4.78 is 13.8. The minimum atomic E-state index is -0.378. The maximum atomic E-state index is 13.8. The second kappa shape index (κ2) is 8.21. The van der Waals surface area contributed by atoms with E-state index in [0.717, 1.165) is 25.7 Å². The van der Waals surface area contributed by atoms with E-state index < -0.39 is 0 Å². The van der Waals surface area contributed by atoms with Crippen LogP contribution in [0.5, 0.6) is 0 Å². The second-order valence-electron chi connectivity index (χ2n) is 11.4. The highest BCUT2D eigenvalue weighted by Crippen LogP contribution is 2.65. The number of aromatic nitrogens is 1. The number of fused-ring (bicyclic) bond motifs is 5. The van der Waals surface area contributed by atoms with Gasteiger partial charge in [-0.05, 0) is 85.8 Å². The molecule has 1 aliphatic heterocycles. The van der Waals surface area contributed by atoms with Crippen LogP contribution in [0, 0.1) is 40.3 Å². The lowest BCUT2D eigenvalue weighted by Gasteiger charge is -2.60. The third-order valence-corrected chi connectivity index (χ3v) is 10.0. The molecule has 1 N–H and O–H groups in total. The zero-order valence-electron chi connectivity index (χ0n) is 20.0. The normalized spacial score (nSPS) is 39.6. The van der Waals surface area contributed by atoms with Crippen LogP contribution < -0.4 is 5.32 Å². The van der Waals surface area contributed by atoms with E-state index in [1.165, 1.54) is 18.9 Å². The van der Waals surface area contributed by atoms with Gasteiger partial charge in [-0.25, -0.2) is 4.39 Å². The molecule has 0 spiro atoms. The largest absolute Gasteiger partial charge is 0.350 e. The summed E-state index contributed by atoms with van der Waals surface area (Å²) in [4.78, 5) is 31.1. The van der Waals surface area contributed by atoms with Gasteiger partial charge >= 0.3 is 0 Å². The molecule has 5 nitrogen and oxygen atoms in total. The molecule has 7 atom stereocenters. The summed E-state index contributed by atoms with van der Waals surface area (Å²) >= 11 is 0. The summed E-state index contributed by atoms with van der Waals surface area (Å²) in [7, 11) is 1.96. The Hall–Kier alpha value is -2.24. The summed E-state index contributed by atoms with van der Waals surface area (Å²) in [6.07, 6.45) is 12.9. The smallest absolute Gasteiger partial charge is 0.246 e. The molecule has 33 heavy (non-hydrogen) atoms. The first-order chi connectivity index (χ1) is 15.7. The molecule has 178 valence electrons. The number of amides is 2. The number of hydrogen-bond acceptors (Lipinski definition) is 3. The molecular formula is C27H36FN3O2. The van der Waals surface area contributed by atoms with E-state index in [-0.39, 0.29) is 40.7 Å². The van der Waals surface area contributed by atoms with Gasteiger partial charge in [0.25, 0.3) is 0 Å². The number of nitrogens with zero attached hydrogens (tertiary/aromatic N) is 2. The number of likely N-dealkylation sites (N-methyl/N-ethyl adjacent to an activating group) is 1. The van der Waals surface area contributed by atoms with Crippen LogP contribution in [0.15, 0.2) is 30.5 Å². The molecule has 0 aromatic carbocycles. The van der Waals surface area contributed by atoms with Gasteiger partial charge in [0.1, 0.15) is 5.82 Å². The van der Waals surface area contributed by atoms with Crippen LogP contribution >= 0.6 is 0 Å². The summed E-state index contributed by atoms with van der Waals surface area (Å²) in [5, 5.41) is 2.90. The van der Waals surface area contributed by atoms with E-state index in [9.17, 15) is 14.0 Å². The first-order valence-electron chi connectivity index (χ1n) is 12.6. The van der Waals surface area contributed by atoms with Crippen molar-refractivity contribution in [2.45, 2.75) is 71.4 Å². The summed E-state index contributed by atoms with van der Waals surface area (Å²) in [6, 6.07) is 3.24. The van der Waals surface area contributed by atoms with Crippen LogP contribution in [0.3, 0.4) is 0 Å². The number of nitrogens with one attached hydrogen (secondary N) is 1. The average Bonchev–Trinajstić information content (AvgIpc) is 3.12. The van der Waals surface area contributed by atoms with Gasteiger partial charge in [-0.15, -0.1) is 0 Å². The van der Waals surface area contributed by atoms with Crippen molar-refractivity contribution in [2.24, 2.45) is 34.5 Å². The Morgan fingerprint density at radius 3 is 2.82 bits per heavy atom. The SMILES string of the molecule is CN1C(=O)C=C[C@]2(C)[C@H]3CC[C@]4(C)[C@@H](CC(=O)NCc5ncccc5F)CC[C@H]4[C@@H]3CC[C@@H]12. The Bertz CT molecular complexity index is 980. The van der Waals surface area contributed by atoms with Gasteiger partial charge in [-0.2, -0.15) is 0 Å². The predicted octanol–water partition coefficient (Wildman–Crippen LogP) is 4.48. The molecule has 0 radical (unpaired) electrons. The topological polar surface area (TPSA) is 62.3 Å². The molecule has 3 aliphatic carbocycles. The van der Waals surface area contributed by atoms with Crippen LogP contribution in [0.25, 0.3) is 0 Å². The van der Waals surface area contributed by atoms with Gasteiger partial charge in [-0.1, -0.05) is 19.9 Å². The lowest BCUT2D eigenvalue weighted by atomic mass is 9.47. The Balaban J connectivity index is 1.27. The van der Waals surface area contributed by atoms with Crippen molar-refractivity contribution in [3.05, 3.63) is 42.0 Å². The van der Waals surface area contributed by atoms with E-state index in [1.54, 1.807) is 18.3 Å². The third kappa shape index (κ3) is 3.60. The van der Waals surface area contributed by atoms with Gasteiger partial charge in [0, 0.05) is 31.1 Å². The molecule has 6 heteroatoms. The number of hydrogen-bond donors (Lipinski definition) is 1. The maximum absolute atomic E-state index is 13.8. The monoisotopic (exact) mass is 453 g/mol. The molecular weight excluding hydrogens is 417 g/mol. The van der Waals surface area contributed by atoms with E-state index >= 15 is 0 Å². The number of carbonyl (C=O) groups is 2. The van der Waals surface area contributed by atoms with Crippen molar-refractivity contribution >= 4 is 11.8 Å². The molecule has 1 aromatic rings. The van der Waals surface area contributed by atoms with Gasteiger partial charge in [0.05, 0.1) is 12.2 Å². The fourth-order valence-electron chi connectivity index (χ4n) is 8.21. The van der Waals surface area contributed by atoms with Crippen molar-refractivity contribution < 1.29 is 14.0 Å². The highest BCUT2D eigenvalue weighted by molar-refractivity contribution is 5.89. The number of rotatable bonds is 4. The van der Waals surface area contributed by atoms with Crippen LogP contribution in [-0.4, -0.2) is 34.8 Å². The van der Waals surface area contributed by atoms with E-state index in [1.807, 2.05) is 11.9 Å². The number of carbonyl (C=O) groups excluding carboxylic acids is 2. The molecule has 3 fully saturated rings. The minimum Gasteiger partial charge on any atom is -0.350 e. The van der Waals surface area contributed by atoms with Gasteiger partial charge in [-0.3, -0.25) is 14.6 Å². The second-order valence-corrected chi connectivity index (χ2v) is 11.4. The molecule has 0 bridgehead atoms. The lowest BCUT2D eigenvalue weighted by molar-refractivity contribution is -0.139. The summed E-state index contributed by atoms with van der Waals surface area (Å²) in [5.74, 6) is 2.02. The Labute approximate surface area is 196 Å². The highest BCUT2D eigenvalue weighted by Gasteiger charge is 2.60. The zero-order chi connectivity index (χ0) is 23.4. The molecule has 4 aliphatic rings. The summed E-state index contributed by atoms with van der Waals surface area (Å²) in [5.41, 5.74) is 0.517. The van der Waals surface area contributed by atoms with E-state index in [2.05, 4.69) is 30.2 Å². The van der Waals surface area contributed by atoms with Crippen molar-refractivity contribution in [1.29, 1.82) is 0 Å². The van der Waals surface area contributed by atoms with Crippen LogP contribution in [0.4, 0.5) is 4.39 Å². The molecule has 5 rings (SSSR count). The van der Waals surface area contributed by atoms with Crippen LogP contribution in [0.2, 0.25) is 0 Å². The first-order valence-corrected chi connectivity index (χ1v) is 12.6. The fraction of sp³-hybridized carbons (Fsp3) is 0.667. The first kappa shape index (κ1) is 22.5. The predicted molar refractivity (Wildman–Crippen MR) is 124 cm³/mol. The molecule has 2 amide bonds. The van der Waals surface area contributed by atoms with Crippen LogP contribution in [0.1, 0.15) is 64.5 Å². The molecule has 3 saturated carbocycles. The molecule has 0 saturated heterocycles. The quantitative estimate of drug-likeness (QED) is 0.731. The maximum Gasteiger partial charge on any atom is 0.246 e. The fourth-order valence-corrected chi connectivity index (χ4v) is 8.21. The lowest BCUT2D eigenvalue weighted by Crippen LogP contribution is -2.59. The van der Waals surface area contributed by atoms with Crippen molar-refractivity contribution in [3.8, 4) is 0 Å². The van der Waals surface area contributed by atoms with Gasteiger partial charge in [0.2, 0.25) is 11.8 Å². The van der Waals surface area contributed by atoms with Crippen molar-refractivity contribution in [1.82, 2.24) is 15.2 Å². The average molecular weight is 454 g/mol. The molecule has 0 unspecified atom stereocenters. The Morgan fingerprint density at radius 2 is 2.03 bits per heavy atom.